The lowest BCUT2D eigenvalue weighted by Gasteiger charge is -2.21. The smallest absolute Gasteiger partial charge is 0.309 e. The Morgan fingerprint density at radius 2 is 2.04 bits per heavy atom. The van der Waals surface area contributed by atoms with E-state index in [1.54, 1.807) is 0 Å². The molecular formula is C22H29NO3. The topological polar surface area (TPSA) is 38.8 Å². The summed E-state index contributed by atoms with van der Waals surface area (Å²) in [5, 5.41) is 2.43. The summed E-state index contributed by atoms with van der Waals surface area (Å²) < 4.78 is 11.4. The molecule has 2 aromatic carbocycles. The van der Waals surface area contributed by atoms with Gasteiger partial charge in [0.2, 0.25) is 0 Å². The number of nitrogens with zero attached hydrogens (tertiary/aromatic N) is 1. The molecule has 0 bridgehead atoms. The Hall–Kier alpha value is -1.91. The number of likely N-dealkylation sites (N-methyl/N-ethyl adjacent to an activating group) is 1. The predicted octanol–water partition coefficient (Wildman–Crippen LogP) is 3.67. The molecule has 1 heterocycles. The number of fused-ring (bicyclic) bond motifs is 1. The lowest BCUT2D eigenvalue weighted by molar-refractivity contribution is -0.150. The molecule has 4 nitrogen and oxygen atoms in total. The molecule has 140 valence electrons. The van der Waals surface area contributed by atoms with Gasteiger partial charge in [-0.15, -0.1) is 0 Å². The van der Waals surface area contributed by atoms with Crippen molar-refractivity contribution in [3.8, 4) is 0 Å². The van der Waals surface area contributed by atoms with Crippen LogP contribution in [0.3, 0.4) is 0 Å². The normalized spacial score (nSPS) is 18.3. The molecule has 0 aliphatic carbocycles. The van der Waals surface area contributed by atoms with Crippen LogP contribution in [0.15, 0.2) is 42.5 Å². The van der Waals surface area contributed by atoms with Crippen LogP contribution in [0.25, 0.3) is 10.8 Å². The van der Waals surface area contributed by atoms with Crippen LogP contribution in [0.2, 0.25) is 0 Å². The second-order valence-electron chi connectivity index (χ2n) is 7.38. The number of ether oxygens (including phenoxy) is 2. The molecule has 0 spiro atoms. The molecule has 2 atom stereocenters. The molecule has 4 heteroatoms. The minimum Gasteiger partial charge on any atom is -0.464 e. The summed E-state index contributed by atoms with van der Waals surface area (Å²) in [6, 6.07) is 14.6. The van der Waals surface area contributed by atoms with Gasteiger partial charge in [-0.05, 0) is 56.1 Å². The monoisotopic (exact) mass is 355 g/mol. The molecule has 1 aliphatic rings. The van der Waals surface area contributed by atoms with E-state index in [1.165, 1.54) is 16.3 Å². The Morgan fingerprint density at radius 3 is 2.81 bits per heavy atom. The highest BCUT2D eigenvalue weighted by molar-refractivity contribution is 5.86. The zero-order valence-electron chi connectivity index (χ0n) is 15.8. The third-order valence-corrected chi connectivity index (χ3v) is 5.03. The van der Waals surface area contributed by atoms with Crippen molar-refractivity contribution < 1.29 is 14.3 Å². The largest absolute Gasteiger partial charge is 0.464 e. The minimum atomic E-state index is -0.161. The Labute approximate surface area is 156 Å². The summed E-state index contributed by atoms with van der Waals surface area (Å²) in [6.45, 7) is 1.98. The van der Waals surface area contributed by atoms with Crippen LogP contribution in [-0.4, -0.2) is 50.8 Å². The molecule has 3 rings (SSSR count). The Bertz CT molecular complexity index is 717. The van der Waals surface area contributed by atoms with E-state index < -0.39 is 0 Å². The Kier molecular flexibility index (Phi) is 6.64. The number of esters is 1. The molecule has 2 unspecified atom stereocenters. The van der Waals surface area contributed by atoms with Crippen molar-refractivity contribution in [1.82, 2.24) is 4.90 Å². The molecule has 26 heavy (non-hydrogen) atoms. The molecule has 2 aromatic rings. The summed E-state index contributed by atoms with van der Waals surface area (Å²) in [5.74, 6) is -0.263. The maximum Gasteiger partial charge on any atom is 0.309 e. The standard InChI is InChI=1S/C22H29NO3/c1-23(2)12-14-26-22(24)19(16-20-10-6-13-25-20)15-18-9-5-8-17-7-3-4-11-21(17)18/h3-5,7-9,11,19-20H,6,10,12-16H2,1-2H3. The van der Waals surface area contributed by atoms with Gasteiger partial charge >= 0.3 is 5.97 Å². The van der Waals surface area contributed by atoms with Crippen LogP contribution in [0.4, 0.5) is 0 Å². The maximum atomic E-state index is 12.8. The number of hydrogen-bond donors (Lipinski definition) is 0. The van der Waals surface area contributed by atoms with Gasteiger partial charge < -0.3 is 14.4 Å². The minimum absolute atomic E-state index is 0.102. The number of benzene rings is 2. The van der Waals surface area contributed by atoms with Gasteiger partial charge in [0, 0.05) is 13.2 Å². The van der Waals surface area contributed by atoms with Crippen molar-refractivity contribution >= 4 is 16.7 Å². The van der Waals surface area contributed by atoms with Crippen molar-refractivity contribution in [2.75, 3.05) is 33.9 Å². The van der Waals surface area contributed by atoms with E-state index in [9.17, 15) is 4.79 Å². The average Bonchev–Trinajstić information content (AvgIpc) is 3.14. The fourth-order valence-corrected chi connectivity index (χ4v) is 3.59. The summed E-state index contributed by atoms with van der Waals surface area (Å²) in [4.78, 5) is 14.8. The molecular weight excluding hydrogens is 326 g/mol. The van der Waals surface area contributed by atoms with Gasteiger partial charge in [-0.1, -0.05) is 42.5 Å². The van der Waals surface area contributed by atoms with Crippen LogP contribution in [0, 0.1) is 5.92 Å². The summed E-state index contributed by atoms with van der Waals surface area (Å²) in [5.41, 5.74) is 1.20. The van der Waals surface area contributed by atoms with Crippen molar-refractivity contribution in [2.45, 2.75) is 31.8 Å². The van der Waals surface area contributed by atoms with Gasteiger partial charge in [-0.2, -0.15) is 0 Å². The van der Waals surface area contributed by atoms with Crippen LogP contribution < -0.4 is 0 Å². The number of carbonyl (C=O) groups is 1. The predicted molar refractivity (Wildman–Crippen MR) is 104 cm³/mol. The lowest BCUT2D eigenvalue weighted by atomic mass is 9.90. The Balaban J connectivity index is 1.74. The first kappa shape index (κ1) is 18.9. The average molecular weight is 355 g/mol. The van der Waals surface area contributed by atoms with E-state index in [4.69, 9.17) is 9.47 Å². The zero-order valence-corrected chi connectivity index (χ0v) is 15.8. The first-order valence-corrected chi connectivity index (χ1v) is 9.53. The van der Waals surface area contributed by atoms with Gasteiger partial charge in [0.1, 0.15) is 6.61 Å². The fourth-order valence-electron chi connectivity index (χ4n) is 3.59. The second-order valence-corrected chi connectivity index (χ2v) is 7.38. The van der Waals surface area contributed by atoms with Gasteiger partial charge in [-0.25, -0.2) is 0 Å². The second kappa shape index (κ2) is 9.15. The van der Waals surface area contributed by atoms with E-state index in [0.717, 1.165) is 32.4 Å². The van der Waals surface area contributed by atoms with Crippen molar-refractivity contribution in [3.63, 3.8) is 0 Å². The number of hydrogen-bond acceptors (Lipinski definition) is 4. The van der Waals surface area contributed by atoms with Crippen LogP contribution in [0.1, 0.15) is 24.8 Å². The Morgan fingerprint density at radius 1 is 1.23 bits per heavy atom. The number of rotatable bonds is 8. The van der Waals surface area contributed by atoms with E-state index in [1.807, 2.05) is 25.1 Å². The summed E-state index contributed by atoms with van der Waals surface area (Å²) >= 11 is 0. The van der Waals surface area contributed by atoms with Gasteiger partial charge in [0.15, 0.2) is 0 Å². The van der Waals surface area contributed by atoms with Gasteiger partial charge in [0.25, 0.3) is 0 Å². The molecule has 0 radical (unpaired) electrons. The van der Waals surface area contributed by atoms with Crippen molar-refractivity contribution in [3.05, 3.63) is 48.0 Å². The highest BCUT2D eigenvalue weighted by Gasteiger charge is 2.27. The SMILES string of the molecule is CN(C)CCOC(=O)C(Cc1cccc2ccccc12)CC1CCCO1. The van der Waals surface area contributed by atoms with Gasteiger partial charge in [-0.3, -0.25) is 4.79 Å². The number of carbonyl (C=O) groups excluding carboxylic acids is 1. The molecule has 0 aromatic heterocycles. The molecule has 0 N–H and O–H groups in total. The molecule has 1 saturated heterocycles. The van der Waals surface area contributed by atoms with E-state index in [2.05, 4.69) is 36.4 Å². The summed E-state index contributed by atoms with van der Waals surface area (Å²) in [7, 11) is 3.96. The zero-order chi connectivity index (χ0) is 18.4. The van der Waals surface area contributed by atoms with Crippen LogP contribution in [0.5, 0.6) is 0 Å². The third-order valence-electron chi connectivity index (χ3n) is 5.03. The quantitative estimate of drug-likeness (QED) is 0.677. The summed E-state index contributed by atoms with van der Waals surface area (Å²) in [6.07, 6.45) is 3.74. The molecule has 0 saturated carbocycles. The third kappa shape index (κ3) is 5.05. The van der Waals surface area contributed by atoms with Crippen molar-refractivity contribution in [2.24, 2.45) is 5.92 Å². The van der Waals surface area contributed by atoms with E-state index in [-0.39, 0.29) is 18.0 Å². The first-order valence-electron chi connectivity index (χ1n) is 9.53. The van der Waals surface area contributed by atoms with Crippen LogP contribution >= 0.6 is 0 Å². The van der Waals surface area contributed by atoms with Gasteiger partial charge in [0.05, 0.1) is 12.0 Å². The molecule has 1 fully saturated rings. The molecule has 0 amide bonds. The van der Waals surface area contributed by atoms with Crippen LogP contribution in [-0.2, 0) is 20.7 Å². The maximum absolute atomic E-state index is 12.8. The lowest BCUT2D eigenvalue weighted by Crippen LogP contribution is -2.27. The first-order chi connectivity index (χ1) is 12.6. The highest BCUT2D eigenvalue weighted by atomic mass is 16.5. The fraction of sp³-hybridized carbons (Fsp3) is 0.500. The molecule has 1 aliphatic heterocycles. The van der Waals surface area contributed by atoms with E-state index in [0.29, 0.717) is 13.0 Å². The highest BCUT2D eigenvalue weighted by Crippen LogP contribution is 2.27. The van der Waals surface area contributed by atoms with E-state index >= 15 is 0 Å². The van der Waals surface area contributed by atoms with Crippen molar-refractivity contribution in [1.29, 1.82) is 0 Å².